The maximum Gasteiger partial charge on any atom is 0.573 e. The molecule has 1 aliphatic rings. The number of benzene rings is 1. The number of ether oxygens (including phenoxy) is 2. The summed E-state index contributed by atoms with van der Waals surface area (Å²) >= 11 is 0. The van der Waals surface area contributed by atoms with Crippen LogP contribution >= 0.6 is 0 Å². The minimum atomic E-state index is -4.67. The molecule has 160 valence electrons. The van der Waals surface area contributed by atoms with Crippen molar-refractivity contribution in [2.75, 3.05) is 7.11 Å². The molecule has 0 saturated heterocycles. The Morgan fingerprint density at radius 2 is 1.90 bits per heavy atom. The van der Waals surface area contributed by atoms with E-state index >= 15 is 0 Å². The van der Waals surface area contributed by atoms with E-state index in [1.807, 2.05) is 7.05 Å². The highest BCUT2D eigenvalue weighted by atomic mass is 19.4. The zero-order valence-corrected chi connectivity index (χ0v) is 17.2. The van der Waals surface area contributed by atoms with Gasteiger partial charge in [-0.25, -0.2) is 4.98 Å². The Morgan fingerprint density at radius 3 is 2.45 bits per heavy atom. The van der Waals surface area contributed by atoms with Gasteiger partial charge in [-0.15, -0.1) is 13.2 Å². The first-order valence-electron chi connectivity index (χ1n) is 9.82. The average molecular weight is 411 g/mol. The first kappa shape index (κ1) is 21.6. The number of halogens is 3. The van der Waals surface area contributed by atoms with Gasteiger partial charge in [0.1, 0.15) is 12.1 Å². The molecule has 1 heterocycles. The molecule has 1 aliphatic carbocycles. The van der Waals surface area contributed by atoms with Gasteiger partial charge in [0.25, 0.3) is 0 Å². The van der Waals surface area contributed by atoms with Crippen molar-refractivity contribution in [3.05, 3.63) is 42.0 Å². The second-order valence-corrected chi connectivity index (χ2v) is 8.48. The Kier molecular flexibility index (Phi) is 6.22. The van der Waals surface area contributed by atoms with Gasteiger partial charge in [0, 0.05) is 14.2 Å². The Labute approximate surface area is 169 Å². The summed E-state index contributed by atoms with van der Waals surface area (Å²) in [5.74, 6) is 1.01. The predicted octanol–water partition coefficient (Wildman–Crippen LogP) is 4.88. The Balaban J connectivity index is 1.73. The molecule has 1 aromatic carbocycles. The van der Waals surface area contributed by atoms with Crippen LogP contribution in [-0.4, -0.2) is 34.3 Å². The van der Waals surface area contributed by atoms with Crippen molar-refractivity contribution < 1.29 is 22.6 Å². The molecular formula is C21H28F3N3O2. The molecule has 1 saturated carbocycles. The van der Waals surface area contributed by atoms with Gasteiger partial charge in [0.2, 0.25) is 0 Å². The van der Waals surface area contributed by atoms with Gasteiger partial charge in [0.05, 0.1) is 12.0 Å². The lowest BCUT2D eigenvalue weighted by atomic mass is 9.63. The Morgan fingerprint density at radius 1 is 1.21 bits per heavy atom. The highest BCUT2D eigenvalue weighted by Gasteiger charge is 2.46. The van der Waals surface area contributed by atoms with Crippen molar-refractivity contribution in [3.8, 4) is 5.75 Å². The van der Waals surface area contributed by atoms with E-state index in [2.05, 4.69) is 28.7 Å². The minimum absolute atomic E-state index is 0.00575. The summed E-state index contributed by atoms with van der Waals surface area (Å²) in [6.45, 7) is 4.43. The van der Waals surface area contributed by atoms with Crippen LogP contribution in [0.5, 0.6) is 5.75 Å². The fourth-order valence-electron chi connectivity index (χ4n) is 4.47. The van der Waals surface area contributed by atoms with Gasteiger partial charge < -0.3 is 9.47 Å². The quantitative estimate of drug-likeness (QED) is 0.680. The summed E-state index contributed by atoms with van der Waals surface area (Å²) < 4.78 is 48.5. The molecule has 0 N–H and O–H groups in total. The number of hydrogen-bond acceptors (Lipinski definition) is 4. The number of aromatic nitrogens is 3. The van der Waals surface area contributed by atoms with Crippen LogP contribution in [0, 0.1) is 11.3 Å². The zero-order valence-electron chi connectivity index (χ0n) is 17.2. The lowest BCUT2D eigenvalue weighted by Gasteiger charge is -2.46. The van der Waals surface area contributed by atoms with Gasteiger partial charge in [-0.3, -0.25) is 4.68 Å². The smallest absolute Gasteiger partial charge is 0.406 e. The van der Waals surface area contributed by atoms with E-state index in [0.29, 0.717) is 5.92 Å². The topological polar surface area (TPSA) is 49.2 Å². The SMILES string of the molecule is COC1C(c2ncn(C)n2)C(CCc2ccc(OC(F)(F)F)cc2)CCC1(C)C. The monoisotopic (exact) mass is 411 g/mol. The zero-order chi connectivity index (χ0) is 21.2. The van der Waals surface area contributed by atoms with Crippen LogP contribution in [0.4, 0.5) is 13.2 Å². The molecule has 29 heavy (non-hydrogen) atoms. The highest BCUT2D eigenvalue weighted by Crippen LogP contribution is 2.49. The van der Waals surface area contributed by atoms with Crippen LogP contribution in [0.25, 0.3) is 0 Å². The molecule has 8 heteroatoms. The fourth-order valence-corrected chi connectivity index (χ4v) is 4.47. The molecule has 3 unspecified atom stereocenters. The lowest BCUT2D eigenvalue weighted by Crippen LogP contribution is -2.44. The van der Waals surface area contributed by atoms with E-state index in [1.54, 1.807) is 30.3 Å². The lowest BCUT2D eigenvalue weighted by molar-refractivity contribution is -0.274. The van der Waals surface area contributed by atoms with E-state index in [-0.39, 0.29) is 23.2 Å². The van der Waals surface area contributed by atoms with Gasteiger partial charge >= 0.3 is 6.36 Å². The molecule has 0 aliphatic heterocycles. The Bertz CT molecular complexity index is 802. The number of aryl methyl sites for hydroxylation is 2. The molecule has 1 aromatic heterocycles. The highest BCUT2D eigenvalue weighted by molar-refractivity contribution is 5.27. The van der Waals surface area contributed by atoms with E-state index in [1.165, 1.54) is 12.1 Å². The number of rotatable bonds is 6. The van der Waals surface area contributed by atoms with E-state index in [9.17, 15) is 13.2 Å². The van der Waals surface area contributed by atoms with Crippen LogP contribution in [-0.2, 0) is 18.2 Å². The largest absolute Gasteiger partial charge is 0.573 e. The maximum absolute atomic E-state index is 12.3. The van der Waals surface area contributed by atoms with Gasteiger partial charge in [-0.2, -0.15) is 5.10 Å². The normalized spacial score (nSPS) is 24.4. The first-order chi connectivity index (χ1) is 13.6. The van der Waals surface area contributed by atoms with E-state index in [4.69, 9.17) is 4.74 Å². The van der Waals surface area contributed by atoms with Crippen molar-refractivity contribution in [2.45, 2.75) is 57.9 Å². The van der Waals surface area contributed by atoms with Gasteiger partial charge in [-0.1, -0.05) is 26.0 Å². The number of methoxy groups -OCH3 is 1. The van der Waals surface area contributed by atoms with Crippen molar-refractivity contribution in [2.24, 2.45) is 18.4 Å². The summed E-state index contributed by atoms with van der Waals surface area (Å²) in [5.41, 5.74) is 0.997. The fraction of sp³-hybridized carbons (Fsp3) is 0.619. The average Bonchev–Trinajstić information content (AvgIpc) is 3.06. The van der Waals surface area contributed by atoms with Crippen LogP contribution < -0.4 is 4.74 Å². The predicted molar refractivity (Wildman–Crippen MR) is 102 cm³/mol. The summed E-state index contributed by atoms with van der Waals surface area (Å²) in [4.78, 5) is 4.50. The van der Waals surface area contributed by atoms with Crippen LogP contribution in [0.15, 0.2) is 30.6 Å². The van der Waals surface area contributed by atoms with E-state index < -0.39 is 6.36 Å². The minimum Gasteiger partial charge on any atom is -0.406 e. The summed E-state index contributed by atoms with van der Waals surface area (Å²) in [5, 5.41) is 4.55. The van der Waals surface area contributed by atoms with Crippen LogP contribution in [0.1, 0.15) is 50.4 Å². The van der Waals surface area contributed by atoms with Crippen LogP contribution in [0.2, 0.25) is 0 Å². The summed E-state index contributed by atoms with van der Waals surface area (Å²) in [7, 11) is 3.59. The number of hydrogen-bond donors (Lipinski definition) is 0. The van der Waals surface area contributed by atoms with Crippen molar-refractivity contribution in [1.82, 2.24) is 14.8 Å². The van der Waals surface area contributed by atoms with E-state index in [0.717, 1.165) is 37.1 Å². The second-order valence-electron chi connectivity index (χ2n) is 8.48. The molecular weight excluding hydrogens is 383 g/mol. The molecule has 2 aromatic rings. The van der Waals surface area contributed by atoms with Crippen molar-refractivity contribution in [3.63, 3.8) is 0 Å². The Hall–Kier alpha value is -2.09. The van der Waals surface area contributed by atoms with Crippen molar-refractivity contribution >= 4 is 0 Å². The molecule has 1 fully saturated rings. The summed E-state index contributed by atoms with van der Waals surface area (Å²) in [6, 6.07) is 6.11. The molecule has 5 nitrogen and oxygen atoms in total. The third kappa shape index (κ3) is 5.29. The molecule has 3 atom stereocenters. The standard InChI is InChI=1S/C21H28F3N3O2/c1-20(2)12-11-15(17(18(20)28-4)19-25-13-27(3)26-19)8-5-14-6-9-16(10-7-14)29-21(22,23)24/h6-7,9-10,13,15,17-18H,5,8,11-12H2,1-4H3. The third-order valence-corrected chi connectivity index (χ3v) is 5.89. The second kappa shape index (κ2) is 8.34. The molecule has 0 spiro atoms. The first-order valence-corrected chi connectivity index (χ1v) is 9.82. The molecule has 0 radical (unpaired) electrons. The third-order valence-electron chi connectivity index (χ3n) is 5.89. The molecule has 0 amide bonds. The number of alkyl halides is 3. The van der Waals surface area contributed by atoms with Crippen LogP contribution in [0.3, 0.4) is 0 Å². The number of nitrogens with zero attached hydrogens (tertiary/aromatic N) is 3. The molecule has 0 bridgehead atoms. The van der Waals surface area contributed by atoms with Gasteiger partial charge in [-0.05, 0) is 54.7 Å². The van der Waals surface area contributed by atoms with Gasteiger partial charge in [0.15, 0.2) is 5.82 Å². The molecule has 3 rings (SSSR count). The van der Waals surface area contributed by atoms with Crippen molar-refractivity contribution in [1.29, 1.82) is 0 Å². The summed E-state index contributed by atoms with van der Waals surface area (Å²) in [6.07, 6.45) is 0.763. The maximum atomic E-state index is 12.3.